The van der Waals surface area contributed by atoms with Crippen molar-refractivity contribution in [2.24, 2.45) is 0 Å². The highest BCUT2D eigenvalue weighted by Crippen LogP contribution is 2.29. The Morgan fingerprint density at radius 2 is 2.00 bits per heavy atom. The number of nitrogens with zero attached hydrogens (tertiary/aromatic N) is 1. The minimum absolute atomic E-state index is 0.200. The van der Waals surface area contributed by atoms with E-state index in [0.29, 0.717) is 27.5 Å². The SMILES string of the molecule is CN(C(=O)c1coc2ccccc12)c1cc(Cl)ccc1N. The van der Waals surface area contributed by atoms with Gasteiger partial charge in [0, 0.05) is 17.5 Å². The Labute approximate surface area is 126 Å². The maximum atomic E-state index is 12.7. The normalized spacial score (nSPS) is 10.8. The summed E-state index contributed by atoms with van der Waals surface area (Å²) in [5.41, 5.74) is 8.14. The van der Waals surface area contributed by atoms with Crippen molar-refractivity contribution in [3.8, 4) is 0 Å². The van der Waals surface area contributed by atoms with E-state index in [9.17, 15) is 4.79 Å². The van der Waals surface area contributed by atoms with E-state index in [1.807, 2.05) is 24.3 Å². The summed E-state index contributed by atoms with van der Waals surface area (Å²) in [6, 6.07) is 12.4. The summed E-state index contributed by atoms with van der Waals surface area (Å²) in [5.74, 6) is -0.200. The first-order valence-electron chi connectivity index (χ1n) is 6.37. The third-order valence-electron chi connectivity index (χ3n) is 3.37. The lowest BCUT2D eigenvalue weighted by atomic mass is 10.1. The lowest BCUT2D eigenvalue weighted by Gasteiger charge is -2.19. The van der Waals surface area contributed by atoms with Crippen LogP contribution in [0.1, 0.15) is 10.4 Å². The van der Waals surface area contributed by atoms with Crippen molar-refractivity contribution < 1.29 is 9.21 Å². The highest BCUT2D eigenvalue weighted by Gasteiger charge is 2.20. The molecule has 0 bridgehead atoms. The second-order valence-corrected chi connectivity index (χ2v) is 5.15. The zero-order chi connectivity index (χ0) is 15.0. The number of para-hydroxylation sites is 1. The molecule has 1 amide bonds. The molecule has 3 aromatic rings. The number of benzene rings is 2. The summed E-state index contributed by atoms with van der Waals surface area (Å²) < 4.78 is 5.41. The third-order valence-corrected chi connectivity index (χ3v) is 3.60. The van der Waals surface area contributed by atoms with E-state index in [-0.39, 0.29) is 5.91 Å². The van der Waals surface area contributed by atoms with Crippen molar-refractivity contribution in [3.05, 3.63) is 59.3 Å². The zero-order valence-corrected chi connectivity index (χ0v) is 12.1. The maximum Gasteiger partial charge on any atom is 0.261 e. The molecule has 21 heavy (non-hydrogen) atoms. The molecule has 2 aromatic carbocycles. The number of anilines is 2. The molecule has 2 N–H and O–H groups in total. The van der Waals surface area contributed by atoms with Crippen LogP contribution in [0.3, 0.4) is 0 Å². The Hall–Kier alpha value is -2.46. The number of fused-ring (bicyclic) bond motifs is 1. The van der Waals surface area contributed by atoms with E-state index in [1.54, 1.807) is 25.2 Å². The first kappa shape index (κ1) is 13.5. The molecule has 106 valence electrons. The van der Waals surface area contributed by atoms with Crippen LogP contribution in [-0.4, -0.2) is 13.0 Å². The van der Waals surface area contributed by atoms with Gasteiger partial charge in [-0.05, 0) is 24.3 Å². The maximum absolute atomic E-state index is 12.7. The molecular formula is C16H13ClN2O2. The van der Waals surface area contributed by atoms with Crippen LogP contribution in [0.5, 0.6) is 0 Å². The van der Waals surface area contributed by atoms with E-state index < -0.39 is 0 Å². The summed E-state index contributed by atoms with van der Waals surface area (Å²) in [6.07, 6.45) is 1.46. The molecule has 1 aromatic heterocycles. The predicted octanol–water partition coefficient (Wildman–Crippen LogP) is 3.95. The van der Waals surface area contributed by atoms with Gasteiger partial charge < -0.3 is 15.1 Å². The Kier molecular flexibility index (Phi) is 3.31. The van der Waals surface area contributed by atoms with Crippen molar-refractivity contribution in [1.82, 2.24) is 0 Å². The molecule has 0 aliphatic carbocycles. The summed E-state index contributed by atoms with van der Waals surface area (Å²) in [7, 11) is 1.66. The van der Waals surface area contributed by atoms with Gasteiger partial charge in [-0.25, -0.2) is 0 Å². The number of halogens is 1. The van der Waals surface area contributed by atoms with Crippen LogP contribution < -0.4 is 10.6 Å². The first-order valence-corrected chi connectivity index (χ1v) is 6.75. The number of hydrogen-bond donors (Lipinski definition) is 1. The van der Waals surface area contributed by atoms with Crippen LogP contribution in [0.2, 0.25) is 5.02 Å². The molecule has 0 saturated heterocycles. The van der Waals surface area contributed by atoms with E-state index in [2.05, 4.69) is 0 Å². The number of carbonyl (C=O) groups excluding carboxylic acids is 1. The second kappa shape index (κ2) is 5.14. The lowest BCUT2D eigenvalue weighted by Crippen LogP contribution is -2.26. The van der Waals surface area contributed by atoms with E-state index >= 15 is 0 Å². The van der Waals surface area contributed by atoms with Crippen molar-refractivity contribution in [2.45, 2.75) is 0 Å². The fourth-order valence-corrected chi connectivity index (χ4v) is 2.41. The Bertz CT molecular complexity index is 826. The smallest absolute Gasteiger partial charge is 0.261 e. The number of hydrogen-bond acceptors (Lipinski definition) is 3. The largest absolute Gasteiger partial charge is 0.463 e. The van der Waals surface area contributed by atoms with Crippen molar-refractivity contribution >= 4 is 39.9 Å². The number of nitrogens with two attached hydrogens (primary N) is 1. The van der Waals surface area contributed by atoms with Gasteiger partial charge in [-0.1, -0.05) is 29.8 Å². The van der Waals surface area contributed by atoms with Crippen LogP contribution in [0, 0.1) is 0 Å². The zero-order valence-electron chi connectivity index (χ0n) is 11.3. The Morgan fingerprint density at radius 1 is 1.24 bits per heavy atom. The topological polar surface area (TPSA) is 59.5 Å². The van der Waals surface area contributed by atoms with Gasteiger partial charge in [0.1, 0.15) is 11.8 Å². The highest BCUT2D eigenvalue weighted by molar-refractivity contribution is 6.31. The van der Waals surface area contributed by atoms with Crippen molar-refractivity contribution in [2.75, 3.05) is 17.7 Å². The van der Waals surface area contributed by atoms with Crippen LogP contribution in [0.4, 0.5) is 11.4 Å². The molecule has 5 heteroatoms. The fraction of sp³-hybridized carbons (Fsp3) is 0.0625. The molecule has 0 spiro atoms. The average Bonchev–Trinajstić information content (AvgIpc) is 2.92. The third kappa shape index (κ3) is 2.34. The molecule has 0 fully saturated rings. The van der Waals surface area contributed by atoms with E-state index in [0.717, 1.165) is 5.39 Å². The summed E-state index contributed by atoms with van der Waals surface area (Å²) in [4.78, 5) is 14.1. The number of rotatable bonds is 2. The minimum atomic E-state index is -0.200. The number of amides is 1. The average molecular weight is 301 g/mol. The molecule has 0 aliphatic rings. The molecule has 0 unspecified atom stereocenters. The molecule has 0 aliphatic heterocycles. The van der Waals surface area contributed by atoms with Gasteiger partial charge in [-0.2, -0.15) is 0 Å². The monoisotopic (exact) mass is 300 g/mol. The van der Waals surface area contributed by atoms with Gasteiger partial charge in [-0.3, -0.25) is 4.79 Å². The number of carbonyl (C=O) groups is 1. The Balaban J connectivity index is 2.03. The van der Waals surface area contributed by atoms with Gasteiger partial charge in [-0.15, -0.1) is 0 Å². The van der Waals surface area contributed by atoms with Gasteiger partial charge in [0.25, 0.3) is 5.91 Å². The number of nitrogen functional groups attached to an aromatic ring is 1. The molecule has 3 rings (SSSR count). The standard InChI is InChI=1S/C16H13ClN2O2/c1-19(14-8-10(17)6-7-13(14)18)16(20)12-9-21-15-5-3-2-4-11(12)15/h2-9H,18H2,1H3. The van der Waals surface area contributed by atoms with Crippen LogP contribution in [0.25, 0.3) is 11.0 Å². The molecule has 4 nitrogen and oxygen atoms in total. The van der Waals surface area contributed by atoms with Crippen molar-refractivity contribution in [3.63, 3.8) is 0 Å². The quantitative estimate of drug-likeness (QED) is 0.729. The van der Waals surface area contributed by atoms with Crippen molar-refractivity contribution in [1.29, 1.82) is 0 Å². The molecule has 0 saturated carbocycles. The summed E-state index contributed by atoms with van der Waals surface area (Å²) >= 11 is 5.97. The van der Waals surface area contributed by atoms with Gasteiger partial charge in [0.15, 0.2) is 0 Å². The minimum Gasteiger partial charge on any atom is -0.463 e. The highest BCUT2D eigenvalue weighted by atomic mass is 35.5. The fourth-order valence-electron chi connectivity index (χ4n) is 2.24. The predicted molar refractivity (Wildman–Crippen MR) is 84.8 cm³/mol. The second-order valence-electron chi connectivity index (χ2n) is 4.71. The van der Waals surface area contributed by atoms with Crippen LogP contribution in [0.15, 0.2) is 53.1 Å². The van der Waals surface area contributed by atoms with Gasteiger partial charge in [0.2, 0.25) is 0 Å². The van der Waals surface area contributed by atoms with E-state index in [1.165, 1.54) is 11.2 Å². The summed E-state index contributed by atoms with van der Waals surface area (Å²) in [6.45, 7) is 0. The molecule has 0 radical (unpaired) electrons. The summed E-state index contributed by atoms with van der Waals surface area (Å²) in [5, 5.41) is 1.30. The van der Waals surface area contributed by atoms with Crippen LogP contribution in [-0.2, 0) is 0 Å². The van der Waals surface area contributed by atoms with Gasteiger partial charge in [0.05, 0.1) is 16.9 Å². The van der Waals surface area contributed by atoms with Gasteiger partial charge >= 0.3 is 0 Å². The Morgan fingerprint density at radius 3 is 2.81 bits per heavy atom. The first-order chi connectivity index (χ1) is 10.1. The molecule has 0 atom stereocenters. The lowest BCUT2D eigenvalue weighted by molar-refractivity contribution is 0.0994. The van der Waals surface area contributed by atoms with E-state index in [4.69, 9.17) is 21.8 Å². The molecule has 1 heterocycles. The number of furan rings is 1. The van der Waals surface area contributed by atoms with Crippen LogP contribution >= 0.6 is 11.6 Å². The molecular weight excluding hydrogens is 288 g/mol.